The zero-order valence-electron chi connectivity index (χ0n) is 32.7. The van der Waals surface area contributed by atoms with Crippen LogP contribution in [0.2, 0.25) is 0 Å². The van der Waals surface area contributed by atoms with Crippen molar-refractivity contribution in [3.63, 3.8) is 0 Å². The molecular weight excluding hydrogens is 729 g/mol. The summed E-state index contributed by atoms with van der Waals surface area (Å²) in [5.74, 6) is 1.84. The molecule has 10 aromatic carbocycles. The van der Waals surface area contributed by atoms with E-state index in [9.17, 15) is 0 Å². The SMILES string of the molecule is c1ccc(N(c2ccccc2)c2ccc(N(c3ccccc3)c3cccc4c3-c3ccccc3C43c4ccc5ccccc5c4Oc4c3ccc3ccccc43)cc2)cc1. The van der Waals surface area contributed by atoms with Crippen LogP contribution in [-0.4, -0.2) is 0 Å². The van der Waals surface area contributed by atoms with E-state index in [1.165, 1.54) is 22.3 Å². The first-order chi connectivity index (χ1) is 29.8. The van der Waals surface area contributed by atoms with E-state index >= 15 is 0 Å². The summed E-state index contributed by atoms with van der Waals surface area (Å²) < 4.78 is 7.22. The minimum atomic E-state index is -0.642. The minimum absolute atomic E-state index is 0.642. The molecule has 1 spiro atoms. The van der Waals surface area contributed by atoms with Crippen LogP contribution < -0.4 is 14.5 Å². The highest BCUT2D eigenvalue weighted by Gasteiger charge is 2.52. The molecular formula is C57H38N2O. The van der Waals surface area contributed by atoms with Crippen LogP contribution in [0.5, 0.6) is 11.5 Å². The molecule has 0 aromatic heterocycles. The van der Waals surface area contributed by atoms with Crippen LogP contribution in [0.3, 0.4) is 0 Å². The van der Waals surface area contributed by atoms with Gasteiger partial charge in [0.2, 0.25) is 0 Å². The zero-order valence-corrected chi connectivity index (χ0v) is 32.7. The molecule has 0 unspecified atom stereocenters. The molecule has 0 radical (unpaired) electrons. The maximum absolute atomic E-state index is 7.22. The van der Waals surface area contributed by atoms with E-state index in [4.69, 9.17) is 4.74 Å². The Morgan fingerprint density at radius 2 is 0.733 bits per heavy atom. The lowest BCUT2D eigenvalue weighted by Gasteiger charge is -2.40. The average molecular weight is 767 g/mol. The molecule has 0 saturated heterocycles. The lowest BCUT2D eigenvalue weighted by atomic mass is 9.65. The second kappa shape index (κ2) is 13.6. The van der Waals surface area contributed by atoms with E-state index in [0.29, 0.717) is 0 Å². The van der Waals surface area contributed by atoms with Crippen LogP contribution in [0.15, 0.2) is 231 Å². The highest BCUT2D eigenvalue weighted by atomic mass is 16.5. The number of para-hydroxylation sites is 3. The van der Waals surface area contributed by atoms with Crippen LogP contribution in [-0.2, 0) is 5.41 Å². The Morgan fingerprint density at radius 1 is 0.300 bits per heavy atom. The predicted octanol–water partition coefficient (Wildman–Crippen LogP) is 15.4. The van der Waals surface area contributed by atoms with Gasteiger partial charge in [-0.3, -0.25) is 0 Å². The van der Waals surface area contributed by atoms with Gasteiger partial charge in [-0.25, -0.2) is 0 Å². The Labute approximate surface area is 349 Å². The second-order valence-corrected chi connectivity index (χ2v) is 15.6. The topological polar surface area (TPSA) is 15.7 Å². The van der Waals surface area contributed by atoms with Gasteiger partial charge < -0.3 is 14.5 Å². The van der Waals surface area contributed by atoms with E-state index in [1.807, 2.05) is 0 Å². The van der Waals surface area contributed by atoms with E-state index < -0.39 is 5.41 Å². The van der Waals surface area contributed by atoms with Gasteiger partial charge in [0.1, 0.15) is 11.5 Å². The van der Waals surface area contributed by atoms with Crippen molar-refractivity contribution in [1.82, 2.24) is 0 Å². The largest absolute Gasteiger partial charge is 0.455 e. The zero-order chi connectivity index (χ0) is 39.6. The van der Waals surface area contributed by atoms with Crippen LogP contribution >= 0.6 is 0 Å². The first kappa shape index (κ1) is 34.2. The van der Waals surface area contributed by atoms with Gasteiger partial charge in [0, 0.05) is 55.9 Å². The lowest BCUT2D eigenvalue weighted by molar-refractivity contribution is 0.447. The maximum atomic E-state index is 7.22. The molecule has 10 aromatic rings. The van der Waals surface area contributed by atoms with E-state index in [1.54, 1.807) is 0 Å². The number of hydrogen-bond donors (Lipinski definition) is 0. The third-order valence-corrected chi connectivity index (χ3v) is 12.5. The molecule has 0 saturated carbocycles. The van der Waals surface area contributed by atoms with Gasteiger partial charge in [-0.2, -0.15) is 0 Å². The summed E-state index contributed by atoms with van der Waals surface area (Å²) in [6.45, 7) is 0. The van der Waals surface area contributed by atoms with Crippen molar-refractivity contribution in [2.45, 2.75) is 5.41 Å². The first-order valence-corrected chi connectivity index (χ1v) is 20.6. The smallest absolute Gasteiger partial charge is 0.140 e. The van der Waals surface area contributed by atoms with Crippen LogP contribution in [0.25, 0.3) is 32.7 Å². The Balaban J connectivity index is 1.11. The van der Waals surface area contributed by atoms with Crippen molar-refractivity contribution in [3.05, 3.63) is 253 Å². The summed E-state index contributed by atoms with van der Waals surface area (Å²) in [7, 11) is 0. The Morgan fingerprint density at radius 3 is 1.30 bits per heavy atom. The molecule has 2 aliphatic rings. The number of fused-ring (bicyclic) bond motifs is 13. The summed E-state index contributed by atoms with van der Waals surface area (Å²) in [4.78, 5) is 4.74. The van der Waals surface area contributed by atoms with Crippen LogP contribution in [0, 0.1) is 0 Å². The summed E-state index contributed by atoms with van der Waals surface area (Å²) in [6.07, 6.45) is 0. The van der Waals surface area contributed by atoms with Crippen molar-refractivity contribution in [2.75, 3.05) is 9.80 Å². The summed E-state index contributed by atoms with van der Waals surface area (Å²) in [5.41, 5.74) is 13.2. The molecule has 0 bridgehead atoms. The van der Waals surface area contributed by atoms with E-state index in [0.717, 1.165) is 78.3 Å². The standard InChI is InChI=1S/C57H38N2O/c1-4-19-41(20-5-1)58(42-21-6-2-7-22-42)44-33-35-45(36-34-44)59(43-23-8-3-9-24-43)53-30-16-29-50-54(53)48-27-14-15-28-49(48)57(50)51-37-31-39-17-10-12-25-46(39)55(51)60-56-47-26-13-11-18-40(47)32-38-52(56)57/h1-38H. The van der Waals surface area contributed by atoms with Crippen molar-refractivity contribution in [3.8, 4) is 22.6 Å². The quantitative estimate of drug-likeness (QED) is 0.168. The van der Waals surface area contributed by atoms with E-state index in [2.05, 4.69) is 240 Å². The van der Waals surface area contributed by atoms with Gasteiger partial charge in [0.05, 0.1) is 11.1 Å². The Kier molecular flexibility index (Phi) is 7.76. The molecule has 60 heavy (non-hydrogen) atoms. The molecule has 0 N–H and O–H groups in total. The van der Waals surface area contributed by atoms with Crippen molar-refractivity contribution in [1.29, 1.82) is 0 Å². The number of ether oxygens (including phenoxy) is 1. The monoisotopic (exact) mass is 766 g/mol. The third kappa shape index (κ3) is 5.03. The molecule has 0 fully saturated rings. The molecule has 12 rings (SSSR count). The molecule has 1 heterocycles. The highest BCUT2D eigenvalue weighted by molar-refractivity contribution is 6.03. The van der Waals surface area contributed by atoms with Gasteiger partial charge >= 0.3 is 0 Å². The van der Waals surface area contributed by atoms with Crippen molar-refractivity contribution < 1.29 is 4.74 Å². The minimum Gasteiger partial charge on any atom is -0.455 e. The van der Waals surface area contributed by atoms with E-state index in [-0.39, 0.29) is 0 Å². The number of nitrogens with zero attached hydrogens (tertiary/aromatic N) is 2. The van der Waals surface area contributed by atoms with Gasteiger partial charge in [-0.1, -0.05) is 164 Å². The van der Waals surface area contributed by atoms with Gasteiger partial charge in [0.15, 0.2) is 0 Å². The fourth-order valence-corrected chi connectivity index (χ4v) is 9.98. The number of benzene rings is 10. The summed E-state index contributed by atoms with van der Waals surface area (Å²) in [5, 5.41) is 4.54. The summed E-state index contributed by atoms with van der Waals surface area (Å²) in [6, 6.07) is 83.2. The summed E-state index contributed by atoms with van der Waals surface area (Å²) >= 11 is 0. The first-order valence-electron chi connectivity index (χ1n) is 20.6. The van der Waals surface area contributed by atoms with Gasteiger partial charge in [-0.15, -0.1) is 0 Å². The predicted molar refractivity (Wildman–Crippen MR) is 248 cm³/mol. The molecule has 282 valence electrons. The maximum Gasteiger partial charge on any atom is 0.140 e. The lowest BCUT2D eigenvalue weighted by Crippen LogP contribution is -2.32. The number of rotatable bonds is 6. The molecule has 1 aliphatic heterocycles. The van der Waals surface area contributed by atoms with Gasteiger partial charge in [-0.05, 0) is 94.2 Å². The molecule has 0 atom stereocenters. The number of anilines is 6. The molecule has 3 nitrogen and oxygen atoms in total. The fourth-order valence-electron chi connectivity index (χ4n) is 9.98. The Bertz CT molecular complexity index is 3110. The normalized spacial score (nSPS) is 12.9. The van der Waals surface area contributed by atoms with Crippen LogP contribution in [0.4, 0.5) is 34.1 Å². The molecule has 3 heteroatoms. The third-order valence-electron chi connectivity index (χ3n) is 12.5. The molecule has 0 amide bonds. The molecule has 1 aliphatic carbocycles. The van der Waals surface area contributed by atoms with Gasteiger partial charge in [0.25, 0.3) is 0 Å². The van der Waals surface area contributed by atoms with Crippen LogP contribution in [0.1, 0.15) is 22.3 Å². The Hall–Kier alpha value is -7.88. The average Bonchev–Trinajstić information content (AvgIpc) is 3.61. The van der Waals surface area contributed by atoms with Crippen molar-refractivity contribution in [2.24, 2.45) is 0 Å². The number of hydrogen-bond acceptors (Lipinski definition) is 3. The fraction of sp³-hybridized carbons (Fsp3) is 0.0175. The van der Waals surface area contributed by atoms with Crippen molar-refractivity contribution >= 4 is 55.7 Å². The highest BCUT2D eigenvalue weighted by Crippen LogP contribution is 2.65. The second-order valence-electron chi connectivity index (χ2n) is 15.6.